The second kappa shape index (κ2) is 5.60. The molecule has 1 heterocycles. The van der Waals surface area contributed by atoms with Crippen LogP contribution in [0.15, 0.2) is 18.2 Å². The molecule has 0 radical (unpaired) electrons. The van der Waals surface area contributed by atoms with E-state index < -0.39 is 30.2 Å². The zero-order valence-corrected chi connectivity index (χ0v) is 10.7. The first kappa shape index (κ1) is 13.9. The number of carbonyl (C=O) groups is 3. The van der Waals surface area contributed by atoms with E-state index in [1.807, 2.05) is 0 Å². The zero-order valence-electron chi connectivity index (χ0n) is 10.7. The standard InChI is InChI=1S/C13H15N3O4/c14-11(17)6-10(13(19)20)16-12(18)8-1-2-9-7(5-8)3-4-15-9/h1-2,5,10,15H,3-4,6H2,(H2,14,17)(H,16,18)(H,19,20). The third kappa shape index (κ3) is 3.05. The van der Waals surface area contributed by atoms with E-state index in [1.165, 1.54) is 0 Å². The average Bonchev–Trinajstić information content (AvgIpc) is 2.84. The van der Waals surface area contributed by atoms with E-state index in [9.17, 15) is 14.4 Å². The monoisotopic (exact) mass is 277 g/mol. The van der Waals surface area contributed by atoms with Crippen molar-refractivity contribution >= 4 is 23.5 Å². The number of benzene rings is 1. The first-order valence-electron chi connectivity index (χ1n) is 6.16. The molecule has 1 aromatic carbocycles. The highest BCUT2D eigenvalue weighted by atomic mass is 16.4. The van der Waals surface area contributed by atoms with Crippen molar-refractivity contribution in [1.29, 1.82) is 0 Å². The smallest absolute Gasteiger partial charge is 0.326 e. The maximum absolute atomic E-state index is 12.0. The van der Waals surface area contributed by atoms with Gasteiger partial charge < -0.3 is 21.5 Å². The Kier molecular flexibility index (Phi) is 3.88. The van der Waals surface area contributed by atoms with Gasteiger partial charge in [-0.1, -0.05) is 0 Å². The molecule has 0 spiro atoms. The number of hydrogen-bond acceptors (Lipinski definition) is 4. The first-order valence-corrected chi connectivity index (χ1v) is 6.16. The number of carboxylic acid groups (broad SMARTS) is 1. The van der Waals surface area contributed by atoms with Crippen molar-refractivity contribution in [3.8, 4) is 0 Å². The molecule has 0 saturated heterocycles. The second-order valence-corrected chi connectivity index (χ2v) is 4.58. The van der Waals surface area contributed by atoms with E-state index in [0.29, 0.717) is 5.56 Å². The number of amides is 2. The lowest BCUT2D eigenvalue weighted by Crippen LogP contribution is -2.43. The molecule has 0 bridgehead atoms. The summed E-state index contributed by atoms with van der Waals surface area (Å²) in [5, 5.41) is 14.4. The van der Waals surface area contributed by atoms with Gasteiger partial charge in [-0.05, 0) is 30.2 Å². The van der Waals surface area contributed by atoms with Gasteiger partial charge in [0.15, 0.2) is 0 Å². The summed E-state index contributed by atoms with van der Waals surface area (Å²) in [6, 6.07) is 3.79. The van der Waals surface area contributed by atoms with Crippen LogP contribution in [-0.4, -0.2) is 35.5 Å². The Labute approximate surface area is 115 Å². The molecular weight excluding hydrogens is 262 g/mol. The predicted molar refractivity (Wildman–Crippen MR) is 71.3 cm³/mol. The maximum Gasteiger partial charge on any atom is 0.326 e. The fraction of sp³-hybridized carbons (Fsp3) is 0.308. The van der Waals surface area contributed by atoms with Gasteiger partial charge in [-0.15, -0.1) is 0 Å². The van der Waals surface area contributed by atoms with Crippen LogP contribution in [0.25, 0.3) is 0 Å². The Balaban J connectivity index is 2.10. The number of aliphatic carboxylic acids is 1. The second-order valence-electron chi connectivity index (χ2n) is 4.58. The summed E-state index contributed by atoms with van der Waals surface area (Å²) in [6.07, 6.45) is 0.383. The van der Waals surface area contributed by atoms with Gasteiger partial charge in [-0.25, -0.2) is 4.79 Å². The number of primary amides is 1. The average molecular weight is 277 g/mol. The molecule has 7 heteroatoms. The minimum atomic E-state index is -1.31. The lowest BCUT2D eigenvalue weighted by molar-refractivity contribution is -0.140. The van der Waals surface area contributed by atoms with Gasteiger partial charge in [0.1, 0.15) is 6.04 Å². The van der Waals surface area contributed by atoms with Crippen LogP contribution in [0.1, 0.15) is 22.3 Å². The summed E-state index contributed by atoms with van der Waals surface area (Å²) in [7, 11) is 0. The summed E-state index contributed by atoms with van der Waals surface area (Å²) in [5.41, 5.74) is 7.31. The van der Waals surface area contributed by atoms with Crippen molar-refractivity contribution in [2.75, 3.05) is 11.9 Å². The van der Waals surface area contributed by atoms with E-state index in [0.717, 1.165) is 24.2 Å². The lowest BCUT2D eigenvalue weighted by Gasteiger charge is -2.13. The van der Waals surface area contributed by atoms with Crippen molar-refractivity contribution in [3.63, 3.8) is 0 Å². The number of carboxylic acids is 1. The van der Waals surface area contributed by atoms with E-state index in [-0.39, 0.29) is 0 Å². The van der Waals surface area contributed by atoms with Gasteiger partial charge in [0, 0.05) is 17.8 Å². The van der Waals surface area contributed by atoms with Gasteiger partial charge in [0.25, 0.3) is 5.91 Å². The molecule has 1 atom stereocenters. The van der Waals surface area contributed by atoms with E-state index in [1.54, 1.807) is 18.2 Å². The lowest BCUT2D eigenvalue weighted by atomic mass is 10.1. The van der Waals surface area contributed by atoms with E-state index in [2.05, 4.69) is 10.6 Å². The first-order chi connectivity index (χ1) is 9.47. The summed E-state index contributed by atoms with van der Waals surface area (Å²) >= 11 is 0. The number of nitrogens with two attached hydrogens (primary N) is 1. The van der Waals surface area contributed by atoms with E-state index >= 15 is 0 Å². The van der Waals surface area contributed by atoms with Crippen LogP contribution in [-0.2, 0) is 16.0 Å². The van der Waals surface area contributed by atoms with Crippen molar-refractivity contribution < 1.29 is 19.5 Å². The summed E-state index contributed by atoms with van der Waals surface area (Å²) in [6.45, 7) is 0.819. The molecule has 5 N–H and O–H groups in total. The van der Waals surface area contributed by atoms with Gasteiger partial charge in [-0.3, -0.25) is 9.59 Å². The van der Waals surface area contributed by atoms with Crippen molar-refractivity contribution in [2.45, 2.75) is 18.9 Å². The molecule has 20 heavy (non-hydrogen) atoms. The van der Waals surface area contributed by atoms with Crippen LogP contribution in [0.3, 0.4) is 0 Å². The molecule has 2 amide bonds. The third-order valence-electron chi connectivity index (χ3n) is 3.09. The number of hydrogen-bond donors (Lipinski definition) is 4. The maximum atomic E-state index is 12.0. The van der Waals surface area contributed by atoms with Crippen molar-refractivity contribution in [3.05, 3.63) is 29.3 Å². The van der Waals surface area contributed by atoms with Gasteiger partial charge in [-0.2, -0.15) is 0 Å². The van der Waals surface area contributed by atoms with Crippen LogP contribution < -0.4 is 16.4 Å². The highest BCUT2D eigenvalue weighted by molar-refractivity contribution is 5.98. The molecule has 7 nitrogen and oxygen atoms in total. The minimum absolute atomic E-state index is 0.364. The fourth-order valence-corrected chi connectivity index (χ4v) is 2.09. The Morgan fingerprint density at radius 2 is 2.15 bits per heavy atom. The molecule has 1 aromatic rings. The van der Waals surface area contributed by atoms with Gasteiger partial charge in [0.05, 0.1) is 6.42 Å². The Hall–Kier alpha value is -2.57. The normalized spacial score (nSPS) is 14.0. The highest BCUT2D eigenvalue weighted by Crippen LogP contribution is 2.22. The van der Waals surface area contributed by atoms with Gasteiger partial charge >= 0.3 is 5.97 Å². The topological polar surface area (TPSA) is 122 Å². The Bertz CT molecular complexity index is 571. The van der Waals surface area contributed by atoms with Crippen molar-refractivity contribution in [2.24, 2.45) is 5.73 Å². The number of fused-ring (bicyclic) bond motifs is 1. The fourth-order valence-electron chi connectivity index (χ4n) is 2.09. The molecule has 106 valence electrons. The quantitative estimate of drug-likeness (QED) is 0.589. The molecule has 0 aliphatic carbocycles. The highest BCUT2D eigenvalue weighted by Gasteiger charge is 2.23. The van der Waals surface area contributed by atoms with Crippen LogP contribution in [0.4, 0.5) is 5.69 Å². The van der Waals surface area contributed by atoms with Gasteiger partial charge in [0.2, 0.25) is 5.91 Å². The molecule has 0 saturated carbocycles. The number of carbonyl (C=O) groups excluding carboxylic acids is 2. The van der Waals surface area contributed by atoms with Crippen molar-refractivity contribution in [1.82, 2.24) is 5.32 Å². The van der Waals surface area contributed by atoms with Crippen LogP contribution in [0, 0.1) is 0 Å². The molecule has 0 fully saturated rings. The summed E-state index contributed by atoms with van der Waals surface area (Å²) < 4.78 is 0. The predicted octanol–water partition coefficient (Wildman–Crippen LogP) is -0.287. The largest absolute Gasteiger partial charge is 0.480 e. The molecule has 2 rings (SSSR count). The minimum Gasteiger partial charge on any atom is -0.480 e. The SMILES string of the molecule is NC(=O)CC(NC(=O)c1ccc2c(c1)CCN2)C(=O)O. The molecule has 1 aliphatic rings. The Morgan fingerprint density at radius 1 is 1.40 bits per heavy atom. The molecule has 1 aliphatic heterocycles. The third-order valence-corrected chi connectivity index (χ3v) is 3.09. The number of nitrogens with one attached hydrogen (secondary N) is 2. The van der Waals surface area contributed by atoms with E-state index in [4.69, 9.17) is 10.8 Å². The van der Waals surface area contributed by atoms with Crippen LogP contribution in [0.5, 0.6) is 0 Å². The van der Waals surface area contributed by atoms with Crippen LogP contribution >= 0.6 is 0 Å². The summed E-state index contributed by atoms with van der Waals surface area (Å²) in [5.74, 6) is -2.61. The molecular formula is C13H15N3O4. The number of anilines is 1. The Morgan fingerprint density at radius 3 is 2.80 bits per heavy atom. The molecule has 1 unspecified atom stereocenters. The molecule has 0 aromatic heterocycles. The number of rotatable bonds is 5. The van der Waals surface area contributed by atoms with Crippen LogP contribution in [0.2, 0.25) is 0 Å². The zero-order chi connectivity index (χ0) is 14.7. The summed E-state index contributed by atoms with van der Waals surface area (Å²) in [4.78, 5) is 33.7.